The summed E-state index contributed by atoms with van der Waals surface area (Å²) in [5, 5.41) is 0. The zero-order chi connectivity index (χ0) is 12.6. The summed E-state index contributed by atoms with van der Waals surface area (Å²) in [6, 6.07) is 10.0. The summed E-state index contributed by atoms with van der Waals surface area (Å²) in [7, 11) is 0. The van der Waals surface area contributed by atoms with Gasteiger partial charge in [-0.25, -0.2) is 0 Å². The Morgan fingerprint density at radius 1 is 1.29 bits per heavy atom. The van der Waals surface area contributed by atoms with Crippen LogP contribution in [-0.4, -0.2) is 16.9 Å². The second-order valence-corrected chi connectivity index (χ2v) is 6.08. The first-order valence-electron chi connectivity index (χ1n) is 5.53. The van der Waals surface area contributed by atoms with Gasteiger partial charge in [-0.3, -0.25) is 4.79 Å². The third kappa shape index (κ3) is 1.94. The Morgan fingerprint density at radius 2 is 1.88 bits per heavy atom. The fraction of sp³-hybridized carbons (Fsp3) is 0.357. The lowest BCUT2D eigenvalue weighted by Crippen LogP contribution is -2.30. The smallest absolute Gasteiger partial charge is 0.180 e. The van der Waals surface area contributed by atoms with Gasteiger partial charge < -0.3 is 0 Å². The van der Waals surface area contributed by atoms with E-state index in [0.29, 0.717) is 0 Å². The molecule has 0 N–H and O–H groups in total. The molecule has 0 fully saturated rings. The van der Waals surface area contributed by atoms with Crippen molar-refractivity contribution in [3.05, 3.63) is 46.4 Å². The van der Waals surface area contributed by atoms with Crippen molar-refractivity contribution in [2.45, 2.75) is 24.6 Å². The van der Waals surface area contributed by atoms with Crippen LogP contribution in [0.4, 0.5) is 0 Å². The molecule has 1 aliphatic rings. The Bertz CT molecular complexity index is 476. The molecule has 1 aromatic carbocycles. The third-order valence-electron chi connectivity index (χ3n) is 3.31. The molecule has 0 aliphatic heterocycles. The lowest BCUT2D eigenvalue weighted by atomic mass is 9.88. The van der Waals surface area contributed by atoms with Crippen LogP contribution in [-0.2, 0) is 4.79 Å². The number of allylic oxidation sites excluding steroid dienone is 2. The van der Waals surface area contributed by atoms with E-state index in [0.717, 1.165) is 16.0 Å². The van der Waals surface area contributed by atoms with E-state index in [1.54, 1.807) is 11.8 Å². The highest BCUT2D eigenvalue weighted by Crippen LogP contribution is 2.51. The van der Waals surface area contributed by atoms with Crippen molar-refractivity contribution in [1.29, 1.82) is 0 Å². The summed E-state index contributed by atoms with van der Waals surface area (Å²) < 4.78 is 0. The molecule has 1 aliphatic carbocycles. The van der Waals surface area contributed by atoms with Gasteiger partial charge in [-0.05, 0) is 25.7 Å². The number of thioether (sulfide) groups is 1. The van der Waals surface area contributed by atoms with Crippen LogP contribution in [0.3, 0.4) is 0 Å². The zero-order valence-electron chi connectivity index (χ0n) is 10.2. The molecular formula is C14H15ClOS. The maximum atomic E-state index is 12.2. The molecule has 0 saturated carbocycles. The lowest BCUT2D eigenvalue weighted by Gasteiger charge is -2.25. The minimum absolute atomic E-state index is 0.0205. The van der Waals surface area contributed by atoms with Crippen LogP contribution in [0.1, 0.15) is 25.3 Å². The first-order valence-corrected chi connectivity index (χ1v) is 7.13. The van der Waals surface area contributed by atoms with E-state index < -0.39 is 4.87 Å². The average molecular weight is 267 g/mol. The Hall–Kier alpha value is -0.730. The molecule has 17 heavy (non-hydrogen) atoms. The number of ketones is 1. The SMILES string of the molecule is CSC1=C(C)C(=O)[C@@](C)(Cl)[C@@H]1c1ccccc1. The predicted octanol–water partition coefficient (Wildman–Crippen LogP) is 3.99. The van der Waals surface area contributed by atoms with Gasteiger partial charge in [0.1, 0.15) is 4.87 Å². The van der Waals surface area contributed by atoms with Crippen LogP contribution in [0.2, 0.25) is 0 Å². The summed E-state index contributed by atoms with van der Waals surface area (Å²) in [5.41, 5.74) is 1.92. The average Bonchev–Trinajstić information content (AvgIpc) is 2.50. The van der Waals surface area contributed by atoms with Crippen molar-refractivity contribution in [3.63, 3.8) is 0 Å². The molecule has 0 amide bonds. The maximum Gasteiger partial charge on any atom is 0.180 e. The predicted molar refractivity (Wildman–Crippen MR) is 74.7 cm³/mol. The molecule has 0 aromatic heterocycles. The van der Waals surface area contributed by atoms with Gasteiger partial charge in [0.05, 0.1) is 0 Å². The van der Waals surface area contributed by atoms with Crippen LogP contribution in [0.25, 0.3) is 0 Å². The number of carbonyl (C=O) groups excluding carboxylic acids is 1. The fourth-order valence-corrected chi connectivity index (χ4v) is 3.90. The molecule has 2 rings (SSSR count). The topological polar surface area (TPSA) is 17.1 Å². The Balaban J connectivity index is 2.55. The number of halogens is 1. The number of rotatable bonds is 2. The van der Waals surface area contributed by atoms with Gasteiger partial charge in [-0.15, -0.1) is 23.4 Å². The number of benzene rings is 1. The maximum absolute atomic E-state index is 12.2. The molecular weight excluding hydrogens is 252 g/mol. The normalized spacial score (nSPS) is 28.9. The largest absolute Gasteiger partial charge is 0.292 e. The molecule has 0 spiro atoms. The van der Waals surface area contributed by atoms with E-state index in [2.05, 4.69) is 0 Å². The number of hydrogen-bond donors (Lipinski definition) is 0. The summed E-state index contributed by atoms with van der Waals surface area (Å²) >= 11 is 8.11. The van der Waals surface area contributed by atoms with E-state index >= 15 is 0 Å². The Labute approximate surface area is 111 Å². The number of hydrogen-bond acceptors (Lipinski definition) is 2. The third-order valence-corrected chi connectivity index (χ3v) is 4.68. The summed E-state index contributed by atoms with van der Waals surface area (Å²) in [6.45, 7) is 3.69. The molecule has 3 heteroatoms. The fourth-order valence-electron chi connectivity index (χ4n) is 2.45. The van der Waals surface area contributed by atoms with Crippen molar-refractivity contribution in [3.8, 4) is 0 Å². The molecule has 2 atom stereocenters. The van der Waals surface area contributed by atoms with E-state index in [9.17, 15) is 4.79 Å². The molecule has 90 valence electrons. The van der Waals surface area contributed by atoms with E-state index in [1.807, 2.05) is 50.4 Å². The van der Waals surface area contributed by atoms with Crippen LogP contribution >= 0.6 is 23.4 Å². The van der Waals surface area contributed by atoms with Crippen molar-refractivity contribution in [1.82, 2.24) is 0 Å². The highest BCUT2D eigenvalue weighted by atomic mass is 35.5. The molecule has 1 aromatic rings. The van der Waals surface area contributed by atoms with Gasteiger partial charge in [-0.1, -0.05) is 30.3 Å². The molecule has 0 radical (unpaired) electrons. The monoisotopic (exact) mass is 266 g/mol. The van der Waals surface area contributed by atoms with Crippen molar-refractivity contribution >= 4 is 29.1 Å². The lowest BCUT2D eigenvalue weighted by molar-refractivity contribution is -0.117. The zero-order valence-corrected chi connectivity index (χ0v) is 11.7. The Kier molecular flexibility index (Phi) is 3.37. The quantitative estimate of drug-likeness (QED) is 0.753. The second kappa shape index (κ2) is 4.51. The highest BCUT2D eigenvalue weighted by Gasteiger charge is 2.49. The summed E-state index contributed by atoms with van der Waals surface area (Å²) in [5.74, 6) is 0.0326. The van der Waals surface area contributed by atoms with Gasteiger partial charge in [0, 0.05) is 16.4 Å². The van der Waals surface area contributed by atoms with Crippen molar-refractivity contribution < 1.29 is 4.79 Å². The first-order chi connectivity index (χ1) is 8.00. The van der Waals surface area contributed by atoms with Gasteiger partial charge in [0.2, 0.25) is 0 Å². The molecule has 0 saturated heterocycles. The molecule has 0 bridgehead atoms. The van der Waals surface area contributed by atoms with E-state index in [-0.39, 0.29) is 11.7 Å². The number of alkyl halides is 1. The van der Waals surface area contributed by atoms with Gasteiger partial charge in [0.15, 0.2) is 5.78 Å². The summed E-state index contributed by atoms with van der Waals surface area (Å²) in [4.78, 5) is 12.4. The van der Waals surface area contributed by atoms with Crippen LogP contribution in [0, 0.1) is 0 Å². The van der Waals surface area contributed by atoms with Gasteiger partial charge >= 0.3 is 0 Å². The minimum atomic E-state index is -0.843. The van der Waals surface area contributed by atoms with Crippen LogP contribution < -0.4 is 0 Å². The molecule has 0 unspecified atom stereocenters. The Morgan fingerprint density at radius 3 is 2.41 bits per heavy atom. The van der Waals surface area contributed by atoms with Gasteiger partial charge in [-0.2, -0.15) is 0 Å². The van der Waals surface area contributed by atoms with Crippen LogP contribution in [0.5, 0.6) is 0 Å². The van der Waals surface area contributed by atoms with Crippen molar-refractivity contribution in [2.75, 3.05) is 6.26 Å². The summed E-state index contributed by atoms with van der Waals surface area (Å²) in [6.07, 6.45) is 2.00. The second-order valence-electron chi connectivity index (χ2n) is 4.44. The molecule has 1 nitrogen and oxygen atoms in total. The van der Waals surface area contributed by atoms with E-state index in [4.69, 9.17) is 11.6 Å². The first kappa shape index (κ1) is 12.7. The number of Topliss-reactive ketones (excluding diaryl/α,β-unsaturated/α-hetero) is 1. The van der Waals surface area contributed by atoms with Crippen LogP contribution in [0.15, 0.2) is 40.8 Å². The standard InChI is InChI=1S/C14H15ClOS/c1-9-12(17-3)11(14(2,15)13(9)16)10-7-5-4-6-8-10/h4-8,11H,1-3H3/t11-,14+/m1/s1. The minimum Gasteiger partial charge on any atom is -0.292 e. The number of carbonyl (C=O) groups is 1. The van der Waals surface area contributed by atoms with E-state index in [1.165, 1.54) is 0 Å². The van der Waals surface area contributed by atoms with Gasteiger partial charge in [0.25, 0.3) is 0 Å². The highest BCUT2D eigenvalue weighted by molar-refractivity contribution is 8.02. The molecule has 0 heterocycles. The van der Waals surface area contributed by atoms with Crippen molar-refractivity contribution in [2.24, 2.45) is 0 Å².